The van der Waals surface area contributed by atoms with Crippen molar-refractivity contribution in [3.8, 4) is 0 Å². The zero-order chi connectivity index (χ0) is 22.3. The number of nitrogens with two attached hydrogens (primary N) is 1. The predicted molar refractivity (Wildman–Crippen MR) is 124 cm³/mol. The number of rotatable bonds is 7. The third kappa shape index (κ3) is 7.27. The largest absolute Gasteiger partial charge is 0.444 e. The number of pyridine rings is 1. The van der Waals surface area contributed by atoms with Gasteiger partial charge in [0.25, 0.3) is 0 Å². The van der Waals surface area contributed by atoms with Crippen LogP contribution in [0.15, 0.2) is 47.7 Å². The van der Waals surface area contributed by atoms with Gasteiger partial charge in [-0.15, -0.1) is 0 Å². The summed E-state index contributed by atoms with van der Waals surface area (Å²) in [4.78, 5) is 22.9. The van der Waals surface area contributed by atoms with E-state index in [9.17, 15) is 4.79 Å². The van der Waals surface area contributed by atoms with Crippen molar-refractivity contribution >= 4 is 17.7 Å². The van der Waals surface area contributed by atoms with Gasteiger partial charge in [-0.05, 0) is 81.3 Å². The maximum atomic E-state index is 12.6. The van der Waals surface area contributed by atoms with Crippen LogP contribution in [-0.4, -0.2) is 40.6 Å². The van der Waals surface area contributed by atoms with Crippen molar-refractivity contribution in [2.24, 2.45) is 10.7 Å². The van der Waals surface area contributed by atoms with Gasteiger partial charge in [0.1, 0.15) is 5.60 Å². The molecular formula is C24H33N5O2. The van der Waals surface area contributed by atoms with E-state index < -0.39 is 5.60 Å². The normalized spacial score (nSPS) is 13.6. The molecule has 0 aliphatic heterocycles. The highest BCUT2D eigenvalue weighted by Crippen LogP contribution is 2.24. The first-order valence-corrected chi connectivity index (χ1v) is 10.9. The van der Waals surface area contributed by atoms with Gasteiger partial charge < -0.3 is 20.7 Å². The molecule has 1 aromatic heterocycles. The number of aryl methyl sites for hydroxylation is 2. The molecule has 7 heteroatoms. The van der Waals surface area contributed by atoms with Crippen LogP contribution in [0.5, 0.6) is 0 Å². The number of fused-ring (bicyclic) bond motifs is 1. The second-order valence-electron chi connectivity index (χ2n) is 8.85. The van der Waals surface area contributed by atoms with E-state index in [2.05, 4.69) is 27.4 Å². The Hall–Kier alpha value is -3.09. The molecular weight excluding hydrogens is 390 g/mol. The zero-order valence-electron chi connectivity index (χ0n) is 18.7. The Morgan fingerprint density at radius 2 is 2.06 bits per heavy atom. The minimum atomic E-state index is -0.549. The van der Waals surface area contributed by atoms with Crippen molar-refractivity contribution < 1.29 is 9.53 Å². The first-order valence-electron chi connectivity index (χ1n) is 10.9. The fourth-order valence-electron chi connectivity index (χ4n) is 3.57. The van der Waals surface area contributed by atoms with E-state index >= 15 is 0 Å². The lowest BCUT2D eigenvalue weighted by atomic mass is 10.1. The molecule has 0 unspecified atom stereocenters. The van der Waals surface area contributed by atoms with Crippen LogP contribution in [0.4, 0.5) is 10.5 Å². The smallest absolute Gasteiger partial charge is 0.410 e. The molecule has 3 rings (SSSR count). The molecule has 0 radical (unpaired) electrons. The average Bonchev–Trinajstić information content (AvgIpc) is 3.17. The standard InChI is InChI=1S/C24H33N5O2/c1-24(2,3)31-23(30)29(17-18-7-5-12-26-16-18)14-6-13-27-22(25)28-21-11-10-19-8-4-9-20(19)15-21/h5,7,10-12,15-16H,4,6,8-9,13-14,17H2,1-3H3,(H3,25,27,28). The third-order valence-electron chi connectivity index (χ3n) is 4.99. The van der Waals surface area contributed by atoms with Crippen LogP contribution in [0.1, 0.15) is 50.3 Å². The molecule has 0 saturated heterocycles. The number of carbonyl (C=O) groups is 1. The number of nitrogens with zero attached hydrogens (tertiary/aromatic N) is 3. The summed E-state index contributed by atoms with van der Waals surface area (Å²) >= 11 is 0. The summed E-state index contributed by atoms with van der Waals surface area (Å²) in [6.07, 6.45) is 7.30. The highest BCUT2D eigenvalue weighted by Gasteiger charge is 2.22. The summed E-state index contributed by atoms with van der Waals surface area (Å²) in [5.41, 5.74) is 10.2. The van der Waals surface area contributed by atoms with Gasteiger partial charge >= 0.3 is 6.09 Å². The number of aromatic nitrogens is 1. The second-order valence-corrected chi connectivity index (χ2v) is 8.85. The van der Waals surface area contributed by atoms with Crippen LogP contribution < -0.4 is 11.1 Å². The highest BCUT2D eigenvalue weighted by molar-refractivity contribution is 5.92. The first kappa shape index (κ1) is 22.6. The number of anilines is 1. The van der Waals surface area contributed by atoms with E-state index in [-0.39, 0.29) is 6.09 Å². The molecule has 0 saturated carbocycles. The molecule has 166 valence electrons. The minimum Gasteiger partial charge on any atom is -0.444 e. The molecule has 7 nitrogen and oxygen atoms in total. The van der Waals surface area contributed by atoms with Crippen LogP contribution in [0, 0.1) is 0 Å². The maximum Gasteiger partial charge on any atom is 0.410 e. The van der Waals surface area contributed by atoms with Crippen molar-refractivity contribution in [1.29, 1.82) is 0 Å². The van der Waals surface area contributed by atoms with Crippen LogP contribution in [0.2, 0.25) is 0 Å². The lowest BCUT2D eigenvalue weighted by Gasteiger charge is -2.27. The van der Waals surface area contributed by atoms with Gasteiger partial charge in [-0.2, -0.15) is 0 Å². The van der Waals surface area contributed by atoms with E-state index in [1.165, 1.54) is 17.5 Å². The van der Waals surface area contributed by atoms with Gasteiger partial charge in [0.15, 0.2) is 5.96 Å². The Balaban J connectivity index is 1.53. The zero-order valence-corrected chi connectivity index (χ0v) is 18.7. The van der Waals surface area contributed by atoms with Gasteiger partial charge in [-0.1, -0.05) is 12.1 Å². The number of hydrogen-bond donors (Lipinski definition) is 2. The summed E-state index contributed by atoms with van der Waals surface area (Å²) in [5, 5.41) is 3.17. The van der Waals surface area contributed by atoms with E-state index in [4.69, 9.17) is 10.5 Å². The Kier molecular flexibility index (Phi) is 7.50. The molecule has 1 heterocycles. The average molecular weight is 424 g/mol. The first-order chi connectivity index (χ1) is 14.8. The Labute approximate surface area is 184 Å². The molecule has 0 spiro atoms. The van der Waals surface area contributed by atoms with Crippen LogP contribution in [0.25, 0.3) is 0 Å². The molecule has 0 fully saturated rings. The van der Waals surface area contributed by atoms with E-state index in [0.717, 1.165) is 24.1 Å². The summed E-state index contributed by atoms with van der Waals surface area (Å²) in [7, 11) is 0. The molecule has 0 bridgehead atoms. The SMILES string of the molecule is CC(C)(C)OC(=O)N(CCCN=C(N)Nc1ccc2c(c1)CCC2)Cc1cccnc1. The Morgan fingerprint density at radius 1 is 1.26 bits per heavy atom. The molecule has 2 aromatic rings. The van der Waals surface area contributed by atoms with E-state index in [1.54, 1.807) is 17.3 Å². The molecule has 1 aliphatic rings. The number of carbonyl (C=O) groups excluding carboxylic acids is 1. The Morgan fingerprint density at radius 3 is 2.81 bits per heavy atom. The summed E-state index contributed by atoms with van der Waals surface area (Å²) in [6.45, 7) is 7.05. The summed E-state index contributed by atoms with van der Waals surface area (Å²) in [6, 6.07) is 10.2. The molecule has 1 aromatic carbocycles. The van der Waals surface area contributed by atoms with Crippen molar-refractivity contribution in [3.63, 3.8) is 0 Å². The summed E-state index contributed by atoms with van der Waals surface area (Å²) in [5.74, 6) is 0.383. The molecule has 1 amide bonds. The van der Waals surface area contributed by atoms with E-state index in [0.29, 0.717) is 32.0 Å². The van der Waals surface area contributed by atoms with Crippen LogP contribution in [-0.2, 0) is 24.1 Å². The van der Waals surface area contributed by atoms with Gasteiger partial charge in [0.05, 0.1) is 6.54 Å². The van der Waals surface area contributed by atoms with Gasteiger partial charge in [-0.3, -0.25) is 9.98 Å². The number of amides is 1. The molecule has 31 heavy (non-hydrogen) atoms. The number of aliphatic imine (C=N–C) groups is 1. The maximum absolute atomic E-state index is 12.6. The van der Waals surface area contributed by atoms with Crippen LogP contribution >= 0.6 is 0 Å². The molecule has 1 aliphatic carbocycles. The van der Waals surface area contributed by atoms with Gasteiger partial charge in [0.2, 0.25) is 0 Å². The number of nitrogens with one attached hydrogen (secondary N) is 1. The van der Waals surface area contributed by atoms with E-state index in [1.807, 2.05) is 39.0 Å². The quantitative estimate of drug-likeness (QED) is 0.397. The number of hydrogen-bond acceptors (Lipinski definition) is 4. The van der Waals surface area contributed by atoms with Crippen molar-refractivity contribution in [3.05, 3.63) is 59.4 Å². The summed E-state index contributed by atoms with van der Waals surface area (Å²) < 4.78 is 5.56. The number of guanidine groups is 1. The van der Waals surface area contributed by atoms with Crippen molar-refractivity contribution in [1.82, 2.24) is 9.88 Å². The molecule has 3 N–H and O–H groups in total. The number of benzene rings is 1. The monoisotopic (exact) mass is 423 g/mol. The fraction of sp³-hybridized carbons (Fsp3) is 0.458. The minimum absolute atomic E-state index is 0.343. The van der Waals surface area contributed by atoms with Gasteiger partial charge in [-0.25, -0.2) is 4.79 Å². The Bertz CT molecular complexity index is 906. The third-order valence-corrected chi connectivity index (χ3v) is 4.99. The topological polar surface area (TPSA) is 92.8 Å². The lowest BCUT2D eigenvalue weighted by Crippen LogP contribution is -2.37. The second kappa shape index (κ2) is 10.3. The lowest BCUT2D eigenvalue weighted by molar-refractivity contribution is 0.0232. The predicted octanol–water partition coefficient (Wildman–Crippen LogP) is 4.12. The fourth-order valence-corrected chi connectivity index (χ4v) is 3.57. The van der Waals surface area contributed by atoms with Crippen LogP contribution in [0.3, 0.4) is 0 Å². The number of ether oxygens (including phenoxy) is 1. The molecule has 0 atom stereocenters. The highest BCUT2D eigenvalue weighted by atomic mass is 16.6. The van der Waals surface area contributed by atoms with Crippen molar-refractivity contribution in [2.45, 2.75) is 58.6 Å². The van der Waals surface area contributed by atoms with Gasteiger partial charge in [0, 0.05) is 31.2 Å². The van der Waals surface area contributed by atoms with Crippen molar-refractivity contribution in [2.75, 3.05) is 18.4 Å².